The van der Waals surface area contributed by atoms with E-state index in [0.29, 0.717) is 15.0 Å². The maximum absolute atomic E-state index is 12.8. The Labute approximate surface area is 211 Å². The smallest absolute Gasteiger partial charge is 0.261 e. The number of halogens is 1. The third-order valence-corrected chi connectivity index (χ3v) is 8.23. The minimum absolute atomic E-state index is 0.0453. The molecule has 35 heavy (non-hydrogen) atoms. The van der Waals surface area contributed by atoms with E-state index in [9.17, 15) is 4.79 Å². The Bertz CT molecular complexity index is 1330. The highest BCUT2D eigenvalue weighted by Gasteiger charge is 2.30. The fourth-order valence-electron chi connectivity index (χ4n) is 5.34. The molecule has 2 atom stereocenters. The Morgan fingerprint density at radius 2 is 2.03 bits per heavy atom. The molecule has 2 fully saturated rings. The molecule has 1 saturated carbocycles. The number of pyridine rings is 1. The Kier molecular flexibility index (Phi) is 6.15. The summed E-state index contributed by atoms with van der Waals surface area (Å²) < 4.78 is 3.02. The predicted octanol–water partition coefficient (Wildman–Crippen LogP) is 4.84. The van der Waals surface area contributed by atoms with Crippen LogP contribution in [0.2, 0.25) is 4.34 Å². The van der Waals surface area contributed by atoms with Gasteiger partial charge in [-0.2, -0.15) is 5.10 Å². The summed E-state index contributed by atoms with van der Waals surface area (Å²) in [5, 5.41) is 10.1. The van der Waals surface area contributed by atoms with Crippen molar-refractivity contribution in [2.45, 2.75) is 57.0 Å². The molecule has 0 spiro atoms. The highest BCUT2D eigenvalue weighted by molar-refractivity contribution is 7.18. The zero-order chi connectivity index (χ0) is 23.8. The van der Waals surface area contributed by atoms with Crippen LogP contribution in [-0.2, 0) is 0 Å². The van der Waals surface area contributed by atoms with Crippen LogP contribution < -0.4 is 10.2 Å². The number of thiophene rings is 1. The number of fused-ring (bicyclic) bond motifs is 1. The SMILES string of the molecule is O=C(NC1CCCC(n2c(N3CCCCC3)nc3cnc(-c4ncn[nH]4)cc32)C1)c1ccc(Cl)s1. The van der Waals surface area contributed by atoms with E-state index < -0.39 is 0 Å². The average Bonchev–Trinajstić information content (AvgIpc) is 3.64. The lowest BCUT2D eigenvalue weighted by atomic mass is 9.90. The van der Waals surface area contributed by atoms with Crippen molar-refractivity contribution in [1.82, 2.24) is 35.0 Å². The van der Waals surface area contributed by atoms with Gasteiger partial charge < -0.3 is 14.8 Å². The molecule has 9 nitrogen and oxygen atoms in total. The Morgan fingerprint density at radius 3 is 2.80 bits per heavy atom. The van der Waals surface area contributed by atoms with Crippen LogP contribution in [-0.4, -0.2) is 54.8 Å². The lowest BCUT2D eigenvalue weighted by molar-refractivity contribution is 0.0925. The molecule has 2 N–H and O–H groups in total. The summed E-state index contributed by atoms with van der Waals surface area (Å²) in [6.07, 6.45) is 10.9. The van der Waals surface area contributed by atoms with Crippen LogP contribution >= 0.6 is 22.9 Å². The van der Waals surface area contributed by atoms with Gasteiger partial charge in [0.05, 0.1) is 20.9 Å². The van der Waals surface area contributed by atoms with Crippen molar-refractivity contribution in [1.29, 1.82) is 0 Å². The van der Waals surface area contributed by atoms with Crippen molar-refractivity contribution >= 4 is 45.8 Å². The van der Waals surface area contributed by atoms with Crippen molar-refractivity contribution in [3.8, 4) is 11.5 Å². The predicted molar refractivity (Wildman–Crippen MR) is 137 cm³/mol. The summed E-state index contributed by atoms with van der Waals surface area (Å²) in [7, 11) is 0. The maximum Gasteiger partial charge on any atom is 0.261 e. The van der Waals surface area contributed by atoms with Crippen molar-refractivity contribution in [3.63, 3.8) is 0 Å². The first kappa shape index (κ1) is 22.5. The van der Waals surface area contributed by atoms with E-state index in [2.05, 4.69) is 41.0 Å². The summed E-state index contributed by atoms with van der Waals surface area (Å²) in [5.74, 6) is 1.61. The monoisotopic (exact) mass is 510 g/mol. The van der Waals surface area contributed by atoms with Crippen LogP contribution in [0.25, 0.3) is 22.6 Å². The molecule has 1 saturated heterocycles. The summed E-state index contributed by atoms with van der Waals surface area (Å²) in [4.78, 5) is 29.8. The standard InChI is InChI=1S/C24H27ClN8OS/c25-21-8-7-20(35-21)23(34)29-15-5-4-6-16(11-15)33-19-12-17(22-27-14-28-31-22)26-13-18(19)30-24(33)32-9-2-1-3-10-32/h7-8,12-16H,1-6,9-11H2,(H,29,34)(H,27,28,31). The molecule has 1 aliphatic heterocycles. The van der Waals surface area contributed by atoms with Crippen LogP contribution in [0, 0.1) is 0 Å². The number of H-pyrrole nitrogens is 1. The van der Waals surface area contributed by atoms with Gasteiger partial charge in [-0.15, -0.1) is 11.3 Å². The summed E-state index contributed by atoms with van der Waals surface area (Å²) >= 11 is 7.36. The molecule has 6 rings (SSSR count). The molecule has 2 unspecified atom stereocenters. The molecule has 0 radical (unpaired) electrons. The molecule has 2 aliphatic rings. The minimum Gasteiger partial charge on any atom is -0.349 e. The largest absolute Gasteiger partial charge is 0.349 e. The number of carbonyl (C=O) groups excluding carboxylic acids is 1. The number of aromatic nitrogens is 6. The number of carbonyl (C=O) groups is 1. The lowest BCUT2D eigenvalue weighted by Crippen LogP contribution is -2.39. The van der Waals surface area contributed by atoms with Crippen molar-refractivity contribution < 1.29 is 4.79 Å². The Balaban J connectivity index is 1.34. The van der Waals surface area contributed by atoms with E-state index >= 15 is 0 Å². The van der Waals surface area contributed by atoms with Gasteiger partial charge in [0.15, 0.2) is 5.82 Å². The fraction of sp³-hybridized carbons (Fsp3) is 0.458. The summed E-state index contributed by atoms with van der Waals surface area (Å²) in [6.45, 7) is 2.02. The van der Waals surface area contributed by atoms with E-state index in [1.165, 1.54) is 36.9 Å². The fourth-order valence-corrected chi connectivity index (χ4v) is 6.29. The number of imidazole rings is 1. The van der Waals surface area contributed by atoms with Gasteiger partial charge in [-0.05, 0) is 63.1 Å². The van der Waals surface area contributed by atoms with E-state index in [-0.39, 0.29) is 18.0 Å². The second-order valence-electron chi connectivity index (χ2n) is 9.32. The van der Waals surface area contributed by atoms with Gasteiger partial charge in [0.25, 0.3) is 5.91 Å². The third-order valence-electron chi connectivity index (χ3n) is 7.00. The number of nitrogens with one attached hydrogen (secondary N) is 2. The first-order chi connectivity index (χ1) is 17.2. The van der Waals surface area contributed by atoms with Crippen molar-refractivity contribution in [2.75, 3.05) is 18.0 Å². The number of amides is 1. The lowest BCUT2D eigenvalue weighted by Gasteiger charge is -2.35. The van der Waals surface area contributed by atoms with Crippen LogP contribution in [0.1, 0.15) is 60.7 Å². The first-order valence-electron chi connectivity index (χ1n) is 12.2. The van der Waals surface area contributed by atoms with Gasteiger partial charge in [0.2, 0.25) is 5.95 Å². The topological polar surface area (TPSA) is 105 Å². The highest BCUT2D eigenvalue weighted by atomic mass is 35.5. The molecule has 5 heterocycles. The second-order valence-corrected chi connectivity index (χ2v) is 11.0. The normalized spacial score (nSPS) is 20.9. The van der Waals surface area contributed by atoms with Crippen LogP contribution in [0.15, 0.2) is 30.7 Å². The summed E-state index contributed by atoms with van der Waals surface area (Å²) in [6, 6.07) is 5.95. The molecular formula is C24H27ClN8OS. The molecule has 4 aromatic heterocycles. The molecule has 182 valence electrons. The molecule has 4 aromatic rings. The molecule has 11 heteroatoms. The number of aromatic amines is 1. The molecular weight excluding hydrogens is 484 g/mol. The van der Waals surface area contributed by atoms with E-state index in [1.807, 2.05) is 6.20 Å². The number of anilines is 1. The van der Waals surface area contributed by atoms with Crippen LogP contribution in [0.4, 0.5) is 5.95 Å². The third kappa shape index (κ3) is 4.52. The quantitative estimate of drug-likeness (QED) is 0.398. The average molecular weight is 511 g/mol. The van der Waals surface area contributed by atoms with Crippen molar-refractivity contribution in [3.05, 3.63) is 39.9 Å². The van der Waals surface area contributed by atoms with Crippen LogP contribution in [0.5, 0.6) is 0 Å². The van der Waals surface area contributed by atoms with E-state index in [4.69, 9.17) is 16.6 Å². The number of piperidine rings is 1. The second kappa shape index (κ2) is 9.58. The molecule has 0 bridgehead atoms. The molecule has 0 aromatic carbocycles. The zero-order valence-corrected chi connectivity index (χ0v) is 20.9. The van der Waals surface area contributed by atoms with E-state index in [0.717, 1.165) is 61.4 Å². The van der Waals surface area contributed by atoms with Gasteiger partial charge in [0.1, 0.15) is 17.5 Å². The number of nitrogens with zero attached hydrogens (tertiary/aromatic N) is 6. The summed E-state index contributed by atoms with van der Waals surface area (Å²) in [5.41, 5.74) is 2.68. The Hall–Kier alpha value is -2.98. The van der Waals surface area contributed by atoms with Gasteiger partial charge in [-0.25, -0.2) is 9.97 Å². The molecule has 1 aliphatic carbocycles. The maximum atomic E-state index is 12.8. The number of hydrogen-bond donors (Lipinski definition) is 2. The van der Waals surface area contributed by atoms with Gasteiger partial charge in [-0.1, -0.05) is 11.6 Å². The minimum atomic E-state index is -0.0453. The number of rotatable bonds is 5. The van der Waals surface area contributed by atoms with Crippen molar-refractivity contribution in [2.24, 2.45) is 0 Å². The van der Waals surface area contributed by atoms with Gasteiger partial charge in [-0.3, -0.25) is 14.9 Å². The molecule has 1 amide bonds. The van der Waals surface area contributed by atoms with Gasteiger partial charge in [0, 0.05) is 25.2 Å². The Morgan fingerprint density at radius 1 is 1.14 bits per heavy atom. The van der Waals surface area contributed by atoms with E-state index in [1.54, 1.807) is 12.1 Å². The zero-order valence-electron chi connectivity index (χ0n) is 19.3. The first-order valence-corrected chi connectivity index (χ1v) is 13.4. The highest BCUT2D eigenvalue weighted by Crippen LogP contribution is 2.37. The van der Waals surface area contributed by atoms with Crippen LogP contribution in [0.3, 0.4) is 0 Å². The number of hydrogen-bond acceptors (Lipinski definition) is 7. The van der Waals surface area contributed by atoms with Gasteiger partial charge >= 0.3 is 0 Å².